The van der Waals surface area contributed by atoms with E-state index in [1.807, 2.05) is 0 Å². The Labute approximate surface area is 86.7 Å². The molecule has 0 saturated heterocycles. The van der Waals surface area contributed by atoms with E-state index in [0.29, 0.717) is 0 Å². The maximum atomic E-state index is 5.40. The van der Waals surface area contributed by atoms with Crippen LogP contribution in [0.25, 0.3) is 0 Å². The molecular weight excluding hydrogens is 174 g/mol. The highest BCUT2D eigenvalue weighted by molar-refractivity contribution is 5.06. The largest absolute Gasteiger partial charge is 0.377 e. The van der Waals surface area contributed by atoms with Crippen molar-refractivity contribution < 1.29 is 4.74 Å². The van der Waals surface area contributed by atoms with E-state index in [-0.39, 0.29) is 0 Å². The second kappa shape index (κ2) is 5.52. The summed E-state index contributed by atoms with van der Waals surface area (Å²) in [5.74, 6) is 0.945. The third-order valence-corrected chi connectivity index (χ3v) is 3.24. The summed E-state index contributed by atoms with van der Waals surface area (Å²) >= 11 is 0. The molecule has 2 aliphatic rings. The molecule has 0 radical (unpaired) electrons. The quantitative estimate of drug-likeness (QED) is 0.694. The third-order valence-electron chi connectivity index (χ3n) is 3.24. The highest BCUT2D eigenvalue weighted by Crippen LogP contribution is 2.23. The Morgan fingerprint density at radius 2 is 2.21 bits per heavy atom. The molecule has 1 fully saturated rings. The average molecular weight is 195 g/mol. The molecule has 0 spiro atoms. The van der Waals surface area contributed by atoms with Crippen LogP contribution in [0.4, 0.5) is 0 Å². The van der Waals surface area contributed by atoms with E-state index in [2.05, 4.69) is 11.4 Å². The Morgan fingerprint density at radius 1 is 1.36 bits per heavy atom. The van der Waals surface area contributed by atoms with E-state index in [4.69, 9.17) is 4.74 Å². The summed E-state index contributed by atoms with van der Waals surface area (Å²) < 4.78 is 5.40. The number of rotatable bonds is 4. The number of hydrogen-bond acceptors (Lipinski definition) is 2. The topological polar surface area (TPSA) is 21.3 Å². The van der Waals surface area contributed by atoms with Gasteiger partial charge in [0.25, 0.3) is 0 Å². The van der Waals surface area contributed by atoms with Crippen LogP contribution in [0.2, 0.25) is 0 Å². The van der Waals surface area contributed by atoms with Gasteiger partial charge < -0.3 is 10.1 Å². The van der Waals surface area contributed by atoms with Crippen LogP contribution in [-0.2, 0) is 4.74 Å². The van der Waals surface area contributed by atoms with Crippen molar-refractivity contribution in [2.24, 2.45) is 5.92 Å². The molecule has 0 aromatic heterocycles. The molecule has 1 N–H and O–H groups in total. The monoisotopic (exact) mass is 195 g/mol. The Kier molecular flexibility index (Phi) is 4.02. The van der Waals surface area contributed by atoms with Crippen molar-refractivity contribution in [3.8, 4) is 0 Å². The molecule has 1 aliphatic heterocycles. The van der Waals surface area contributed by atoms with E-state index < -0.39 is 0 Å². The van der Waals surface area contributed by atoms with Crippen LogP contribution < -0.4 is 5.32 Å². The second-order valence-electron chi connectivity index (χ2n) is 4.49. The third kappa shape index (κ3) is 3.10. The van der Waals surface area contributed by atoms with Gasteiger partial charge in [-0.2, -0.15) is 0 Å². The van der Waals surface area contributed by atoms with Crippen LogP contribution in [0.5, 0.6) is 0 Å². The molecule has 0 bridgehead atoms. The molecule has 0 amide bonds. The predicted octanol–water partition coefficient (Wildman–Crippen LogP) is 2.11. The van der Waals surface area contributed by atoms with Crippen LogP contribution in [0.3, 0.4) is 0 Å². The number of nitrogens with one attached hydrogen (secondary N) is 1. The lowest BCUT2D eigenvalue weighted by molar-refractivity contribution is 0.148. The summed E-state index contributed by atoms with van der Waals surface area (Å²) in [4.78, 5) is 0. The first-order valence-corrected chi connectivity index (χ1v) is 5.91. The molecule has 0 aromatic carbocycles. The molecule has 0 unspecified atom stereocenters. The van der Waals surface area contributed by atoms with Crippen molar-refractivity contribution >= 4 is 0 Å². The van der Waals surface area contributed by atoms with Gasteiger partial charge in [0.15, 0.2) is 0 Å². The SMILES string of the molecule is C1=C(CNCC2CCCC2)COCC1. The van der Waals surface area contributed by atoms with Gasteiger partial charge in [-0.15, -0.1) is 0 Å². The molecule has 2 heteroatoms. The Hall–Kier alpha value is -0.340. The van der Waals surface area contributed by atoms with Crippen molar-refractivity contribution in [2.45, 2.75) is 32.1 Å². The lowest BCUT2D eigenvalue weighted by atomic mass is 10.1. The lowest BCUT2D eigenvalue weighted by Crippen LogP contribution is -2.25. The van der Waals surface area contributed by atoms with Gasteiger partial charge >= 0.3 is 0 Å². The first-order valence-electron chi connectivity index (χ1n) is 5.91. The molecule has 80 valence electrons. The van der Waals surface area contributed by atoms with E-state index >= 15 is 0 Å². The molecule has 0 atom stereocenters. The van der Waals surface area contributed by atoms with Gasteiger partial charge in [-0.1, -0.05) is 18.9 Å². The average Bonchev–Trinajstić information content (AvgIpc) is 2.72. The Bertz CT molecular complexity index is 194. The highest BCUT2D eigenvalue weighted by Gasteiger charge is 2.14. The summed E-state index contributed by atoms with van der Waals surface area (Å²) in [6.45, 7) is 4.00. The Morgan fingerprint density at radius 3 is 2.93 bits per heavy atom. The van der Waals surface area contributed by atoms with Gasteiger partial charge in [-0.05, 0) is 37.3 Å². The molecule has 14 heavy (non-hydrogen) atoms. The van der Waals surface area contributed by atoms with Crippen molar-refractivity contribution in [3.05, 3.63) is 11.6 Å². The van der Waals surface area contributed by atoms with Gasteiger partial charge in [0.2, 0.25) is 0 Å². The molecule has 1 heterocycles. The molecule has 2 nitrogen and oxygen atoms in total. The second-order valence-corrected chi connectivity index (χ2v) is 4.49. The van der Waals surface area contributed by atoms with Crippen LogP contribution in [0.1, 0.15) is 32.1 Å². The zero-order chi connectivity index (χ0) is 9.64. The van der Waals surface area contributed by atoms with Gasteiger partial charge in [0, 0.05) is 6.54 Å². The fourth-order valence-electron chi connectivity index (χ4n) is 2.38. The number of hydrogen-bond donors (Lipinski definition) is 1. The normalized spacial score (nSPS) is 23.9. The highest BCUT2D eigenvalue weighted by atomic mass is 16.5. The minimum absolute atomic E-state index is 0.845. The number of ether oxygens (including phenoxy) is 1. The summed E-state index contributed by atoms with van der Waals surface area (Å²) in [5.41, 5.74) is 1.44. The smallest absolute Gasteiger partial charge is 0.0689 e. The minimum atomic E-state index is 0.845. The maximum Gasteiger partial charge on any atom is 0.0689 e. The fourth-order valence-corrected chi connectivity index (χ4v) is 2.38. The summed E-state index contributed by atoms with van der Waals surface area (Å²) in [7, 11) is 0. The predicted molar refractivity (Wildman–Crippen MR) is 58.3 cm³/mol. The van der Waals surface area contributed by atoms with Crippen molar-refractivity contribution in [1.82, 2.24) is 5.32 Å². The van der Waals surface area contributed by atoms with Crippen LogP contribution >= 0.6 is 0 Å². The van der Waals surface area contributed by atoms with Crippen molar-refractivity contribution in [3.63, 3.8) is 0 Å². The van der Waals surface area contributed by atoms with Crippen molar-refractivity contribution in [2.75, 3.05) is 26.3 Å². The summed E-state index contributed by atoms with van der Waals surface area (Å²) in [5, 5.41) is 3.55. The van der Waals surface area contributed by atoms with E-state index in [9.17, 15) is 0 Å². The van der Waals surface area contributed by atoms with E-state index in [1.165, 1.54) is 37.8 Å². The van der Waals surface area contributed by atoms with E-state index in [0.717, 1.165) is 32.1 Å². The zero-order valence-electron chi connectivity index (χ0n) is 8.93. The minimum Gasteiger partial charge on any atom is -0.377 e. The summed E-state index contributed by atoms with van der Waals surface area (Å²) in [6, 6.07) is 0. The maximum absolute atomic E-state index is 5.40. The summed E-state index contributed by atoms with van der Waals surface area (Å²) in [6.07, 6.45) is 9.17. The zero-order valence-corrected chi connectivity index (χ0v) is 8.93. The van der Waals surface area contributed by atoms with Gasteiger partial charge in [0.1, 0.15) is 0 Å². The fraction of sp³-hybridized carbons (Fsp3) is 0.833. The van der Waals surface area contributed by atoms with Crippen LogP contribution in [0, 0.1) is 5.92 Å². The van der Waals surface area contributed by atoms with Crippen LogP contribution in [0.15, 0.2) is 11.6 Å². The molecule has 0 aromatic rings. The molecule has 1 aliphatic carbocycles. The van der Waals surface area contributed by atoms with E-state index in [1.54, 1.807) is 0 Å². The van der Waals surface area contributed by atoms with Gasteiger partial charge in [-0.25, -0.2) is 0 Å². The van der Waals surface area contributed by atoms with Gasteiger partial charge in [-0.3, -0.25) is 0 Å². The molecule has 2 rings (SSSR count). The molecular formula is C12H21NO. The standard InChI is InChI=1S/C12H21NO/c1-2-5-11(4-1)8-13-9-12-6-3-7-14-10-12/h6,11,13H,1-5,7-10H2. The van der Waals surface area contributed by atoms with Gasteiger partial charge in [0.05, 0.1) is 13.2 Å². The van der Waals surface area contributed by atoms with Crippen molar-refractivity contribution in [1.29, 1.82) is 0 Å². The first kappa shape index (κ1) is 10.2. The lowest BCUT2D eigenvalue weighted by Gasteiger charge is -2.15. The first-order chi connectivity index (χ1) is 6.95. The Balaban J connectivity index is 1.59. The molecule has 1 saturated carbocycles. The van der Waals surface area contributed by atoms with Crippen LogP contribution in [-0.4, -0.2) is 26.3 Å².